The van der Waals surface area contributed by atoms with Crippen LogP contribution in [-0.2, 0) is 11.3 Å². The fourth-order valence-corrected chi connectivity index (χ4v) is 3.46. The van der Waals surface area contributed by atoms with Crippen molar-refractivity contribution in [2.75, 3.05) is 13.7 Å². The van der Waals surface area contributed by atoms with Gasteiger partial charge in [0.05, 0.1) is 19.2 Å². The summed E-state index contributed by atoms with van der Waals surface area (Å²) in [4.78, 5) is 24.5. The van der Waals surface area contributed by atoms with Crippen molar-refractivity contribution in [1.82, 2.24) is 9.88 Å². The van der Waals surface area contributed by atoms with Crippen LogP contribution < -0.4 is 10.1 Å². The van der Waals surface area contributed by atoms with Crippen LogP contribution in [0, 0.1) is 0 Å². The van der Waals surface area contributed by atoms with Crippen molar-refractivity contribution < 1.29 is 19.4 Å². The smallest absolute Gasteiger partial charge is 0.283 e. The number of para-hydroxylation sites is 1. The summed E-state index contributed by atoms with van der Waals surface area (Å²) in [6, 6.07) is 23.7. The Kier molecular flexibility index (Phi) is 6.45. The zero-order chi connectivity index (χ0) is 23.2. The van der Waals surface area contributed by atoms with Gasteiger partial charge < -0.3 is 19.7 Å². The van der Waals surface area contributed by atoms with Gasteiger partial charge in [-0.15, -0.1) is 10.2 Å². The molecule has 8 nitrogen and oxygen atoms in total. The molecule has 166 valence electrons. The van der Waals surface area contributed by atoms with Crippen LogP contribution in [0.5, 0.6) is 11.6 Å². The number of carbonyl (C=O) groups excluding carboxylic acids is 2. The van der Waals surface area contributed by atoms with E-state index >= 15 is 0 Å². The van der Waals surface area contributed by atoms with Crippen LogP contribution >= 0.6 is 0 Å². The third-order valence-corrected chi connectivity index (χ3v) is 5.09. The Bertz CT molecular complexity index is 1330. The lowest BCUT2D eigenvalue weighted by molar-refractivity contribution is -0.117. The van der Waals surface area contributed by atoms with Crippen molar-refractivity contribution in [3.63, 3.8) is 0 Å². The molecule has 0 aliphatic rings. The second kappa shape index (κ2) is 9.78. The molecule has 33 heavy (non-hydrogen) atoms. The molecule has 8 heteroatoms. The highest BCUT2D eigenvalue weighted by Gasteiger charge is 2.17. The normalized spacial score (nSPS) is 11.1. The summed E-state index contributed by atoms with van der Waals surface area (Å²) in [5.74, 6) is -0.627. The van der Waals surface area contributed by atoms with E-state index in [1.54, 1.807) is 34.9 Å². The second-order valence-corrected chi connectivity index (χ2v) is 7.27. The summed E-state index contributed by atoms with van der Waals surface area (Å²) >= 11 is 0. The Balaban J connectivity index is 1.50. The van der Waals surface area contributed by atoms with Crippen LogP contribution in [0.25, 0.3) is 10.9 Å². The van der Waals surface area contributed by atoms with Crippen LogP contribution in [0.2, 0.25) is 0 Å². The summed E-state index contributed by atoms with van der Waals surface area (Å²) in [6.45, 7) is 0.107. The molecule has 4 aromatic rings. The lowest BCUT2D eigenvalue weighted by Gasteiger charge is -2.06. The molecule has 0 aliphatic heterocycles. The predicted octanol–water partition coefficient (Wildman–Crippen LogP) is 4.44. The number of benzene rings is 3. The highest BCUT2D eigenvalue weighted by molar-refractivity contribution is 5.97. The molecule has 0 atom stereocenters. The van der Waals surface area contributed by atoms with Crippen LogP contribution in [-0.4, -0.2) is 35.1 Å². The topological polar surface area (TPSA) is 105 Å². The van der Waals surface area contributed by atoms with Crippen molar-refractivity contribution >= 4 is 28.4 Å². The Labute approximate surface area is 190 Å². The van der Waals surface area contributed by atoms with E-state index in [-0.39, 0.29) is 18.1 Å². The van der Waals surface area contributed by atoms with Gasteiger partial charge in [-0.1, -0.05) is 54.6 Å². The molecule has 0 aliphatic carbocycles. The quantitative estimate of drug-likeness (QED) is 0.413. The molecule has 0 bridgehead atoms. The fraction of sp³-hybridized carbons (Fsp3) is 0.120. The number of methoxy groups -OCH3 is 1. The first-order chi connectivity index (χ1) is 16.1. The molecule has 0 spiro atoms. The van der Waals surface area contributed by atoms with Gasteiger partial charge in [0.25, 0.3) is 11.8 Å². The number of amides is 2. The number of hydrogen-bond donors (Lipinski definition) is 2. The number of fused-ring (bicyclic) bond motifs is 1. The van der Waals surface area contributed by atoms with Gasteiger partial charge in [-0.25, -0.2) is 0 Å². The van der Waals surface area contributed by atoms with Crippen molar-refractivity contribution in [3.8, 4) is 11.6 Å². The third kappa shape index (κ3) is 4.90. The van der Waals surface area contributed by atoms with E-state index in [0.29, 0.717) is 23.2 Å². The molecule has 0 fully saturated rings. The molecule has 2 N–H and O–H groups in total. The van der Waals surface area contributed by atoms with E-state index in [9.17, 15) is 14.7 Å². The van der Waals surface area contributed by atoms with Crippen LogP contribution in [0.3, 0.4) is 0 Å². The number of hydrogen-bond acceptors (Lipinski definition) is 5. The van der Waals surface area contributed by atoms with E-state index in [0.717, 1.165) is 11.1 Å². The van der Waals surface area contributed by atoms with Crippen molar-refractivity contribution in [3.05, 3.63) is 90.0 Å². The molecule has 0 unspecified atom stereocenters. The minimum Gasteiger partial charge on any atom is -0.497 e. The van der Waals surface area contributed by atoms with Gasteiger partial charge in [0.15, 0.2) is 5.69 Å². The highest BCUT2D eigenvalue weighted by Crippen LogP contribution is 2.39. The van der Waals surface area contributed by atoms with Crippen LogP contribution in [0.15, 0.2) is 89.1 Å². The minimum atomic E-state index is -0.648. The Morgan fingerprint density at radius 3 is 2.55 bits per heavy atom. The summed E-state index contributed by atoms with van der Waals surface area (Å²) in [5, 5.41) is 21.7. The number of carbonyl (C=O) groups is 2. The first kappa shape index (κ1) is 21.8. The molecule has 4 rings (SSSR count). The Morgan fingerprint density at radius 2 is 1.76 bits per heavy atom. The summed E-state index contributed by atoms with van der Waals surface area (Å²) in [6.07, 6.45) is 0. The largest absolute Gasteiger partial charge is 0.497 e. The van der Waals surface area contributed by atoms with Gasteiger partial charge in [0, 0.05) is 10.9 Å². The maximum atomic E-state index is 12.3. The lowest BCUT2D eigenvalue weighted by Crippen LogP contribution is -2.28. The molecular formula is C25H22N4O4. The molecule has 0 saturated heterocycles. The van der Waals surface area contributed by atoms with E-state index in [1.165, 1.54) is 7.11 Å². The van der Waals surface area contributed by atoms with Gasteiger partial charge in [0.2, 0.25) is 5.88 Å². The lowest BCUT2D eigenvalue weighted by atomic mass is 10.2. The Morgan fingerprint density at radius 1 is 1.00 bits per heavy atom. The SMILES string of the molecule is COc1cccc(C(=O)NCC(=O)N=Nc2c(O)n(Cc3ccccc3)c3ccccc23)c1. The van der Waals surface area contributed by atoms with Crippen LogP contribution in [0.1, 0.15) is 15.9 Å². The van der Waals surface area contributed by atoms with Crippen molar-refractivity contribution in [1.29, 1.82) is 0 Å². The predicted molar refractivity (Wildman–Crippen MR) is 124 cm³/mol. The average Bonchev–Trinajstić information content (AvgIpc) is 3.12. The number of nitrogens with zero attached hydrogens (tertiary/aromatic N) is 3. The van der Waals surface area contributed by atoms with Gasteiger partial charge >= 0.3 is 0 Å². The fourth-order valence-electron chi connectivity index (χ4n) is 3.46. The monoisotopic (exact) mass is 442 g/mol. The highest BCUT2D eigenvalue weighted by atomic mass is 16.5. The molecule has 3 aromatic carbocycles. The van der Waals surface area contributed by atoms with E-state index in [4.69, 9.17) is 4.74 Å². The molecule has 0 radical (unpaired) electrons. The van der Waals surface area contributed by atoms with E-state index in [2.05, 4.69) is 15.5 Å². The number of aromatic nitrogens is 1. The molecule has 2 amide bonds. The van der Waals surface area contributed by atoms with Crippen molar-refractivity contribution in [2.24, 2.45) is 10.2 Å². The van der Waals surface area contributed by atoms with Gasteiger partial charge in [-0.2, -0.15) is 0 Å². The number of nitrogens with one attached hydrogen (secondary N) is 1. The zero-order valence-corrected chi connectivity index (χ0v) is 17.9. The third-order valence-electron chi connectivity index (χ3n) is 5.09. The molecule has 0 saturated carbocycles. The number of azo groups is 1. The van der Waals surface area contributed by atoms with Crippen LogP contribution in [0.4, 0.5) is 5.69 Å². The average molecular weight is 442 g/mol. The number of rotatable bonds is 7. The molecular weight excluding hydrogens is 420 g/mol. The molecule has 1 aromatic heterocycles. The maximum Gasteiger partial charge on any atom is 0.283 e. The van der Waals surface area contributed by atoms with Crippen molar-refractivity contribution in [2.45, 2.75) is 6.54 Å². The Hall–Kier alpha value is -4.46. The van der Waals surface area contributed by atoms with Gasteiger partial charge in [-0.3, -0.25) is 9.59 Å². The second-order valence-electron chi connectivity index (χ2n) is 7.27. The van der Waals surface area contributed by atoms with E-state index in [1.807, 2.05) is 48.5 Å². The van der Waals surface area contributed by atoms with Gasteiger partial charge in [-0.05, 0) is 29.8 Å². The standard InChI is InChI=1S/C25H22N4O4/c1-33-19-11-7-10-18(14-19)24(31)26-15-22(30)27-28-23-20-12-5-6-13-21(20)29(25(23)32)16-17-8-3-2-4-9-17/h2-14,32H,15-16H2,1H3,(H,26,31). The summed E-state index contributed by atoms with van der Waals surface area (Å²) in [7, 11) is 1.51. The minimum absolute atomic E-state index is 0.0861. The first-order valence-corrected chi connectivity index (χ1v) is 10.3. The number of ether oxygens (including phenoxy) is 1. The summed E-state index contributed by atoms with van der Waals surface area (Å²) in [5.41, 5.74) is 2.34. The molecule has 1 heterocycles. The zero-order valence-electron chi connectivity index (χ0n) is 17.9. The van der Waals surface area contributed by atoms with E-state index < -0.39 is 11.8 Å². The first-order valence-electron chi connectivity index (χ1n) is 10.3. The number of aromatic hydroxyl groups is 1. The maximum absolute atomic E-state index is 12.3. The van der Waals surface area contributed by atoms with Gasteiger partial charge in [0.1, 0.15) is 12.3 Å². The summed E-state index contributed by atoms with van der Waals surface area (Å²) < 4.78 is 6.81.